The average molecular weight is 403 g/mol. The predicted octanol–water partition coefficient (Wildman–Crippen LogP) is 3.17. The number of hydrogen-bond acceptors (Lipinski definition) is 6. The van der Waals surface area contributed by atoms with Crippen LogP contribution in [-0.2, 0) is 3.79 Å². The van der Waals surface area contributed by atoms with E-state index in [2.05, 4.69) is 25.2 Å². The lowest BCUT2D eigenvalue weighted by Gasteiger charge is -2.22. The first-order valence-corrected chi connectivity index (χ1v) is 9.04. The number of rotatable bonds is 3. The molecule has 0 bridgehead atoms. The third-order valence-electron chi connectivity index (χ3n) is 3.85. The van der Waals surface area contributed by atoms with E-state index in [1.807, 2.05) is 24.3 Å². The fourth-order valence-electron chi connectivity index (χ4n) is 2.55. The van der Waals surface area contributed by atoms with Gasteiger partial charge in [-0.05, 0) is 37.2 Å². The molecular weight excluding hydrogens is 385 g/mol. The second-order valence-electron chi connectivity index (χ2n) is 5.60. The van der Waals surface area contributed by atoms with Crippen LogP contribution in [0.15, 0.2) is 24.3 Å². The van der Waals surface area contributed by atoms with Crippen molar-refractivity contribution in [1.29, 1.82) is 0 Å². The van der Waals surface area contributed by atoms with Crippen LogP contribution in [0.1, 0.15) is 12.2 Å². The minimum Gasteiger partial charge on any atom is -0.497 e. The Balaban J connectivity index is 2.02. The summed E-state index contributed by atoms with van der Waals surface area (Å²) in [5.74, 6) is 1.85. The van der Waals surface area contributed by atoms with Crippen molar-refractivity contribution in [2.24, 2.45) is 0 Å². The largest absolute Gasteiger partial charge is 0.497 e. The van der Waals surface area contributed by atoms with Crippen molar-refractivity contribution in [2.45, 2.75) is 10.2 Å². The topological polar surface area (TPSA) is 63.2 Å². The molecule has 1 aliphatic rings. The Kier molecular flexibility index (Phi) is 5.84. The number of aromatic nitrogens is 3. The molecule has 0 unspecified atom stereocenters. The highest BCUT2D eigenvalue weighted by molar-refractivity contribution is 6.66. The fourth-order valence-corrected chi connectivity index (χ4v) is 2.80. The molecule has 0 amide bonds. The van der Waals surface area contributed by atoms with Crippen molar-refractivity contribution in [1.82, 2.24) is 20.3 Å². The Labute approximate surface area is 161 Å². The van der Waals surface area contributed by atoms with E-state index < -0.39 is 3.79 Å². The number of halogens is 3. The van der Waals surface area contributed by atoms with Gasteiger partial charge in [-0.25, -0.2) is 4.98 Å². The molecule has 134 valence electrons. The summed E-state index contributed by atoms with van der Waals surface area (Å²) >= 11 is 18.1. The summed E-state index contributed by atoms with van der Waals surface area (Å²) in [6.07, 6.45) is 0.993. The van der Waals surface area contributed by atoms with E-state index in [0.717, 1.165) is 43.9 Å². The molecule has 1 aromatic heterocycles. The van der Waals surface area contributed by atoms with Gasteiger partial charge >= 0.3 is 0 Å². The van der Waals surface area contributed by atoms with Crippen molar-refractivity contribution in [3.8, 4) is 17.1 Å². The molecule has 0 saturated carbocycles. The maximum absolute atomic E-state index is 6.04. The molecule has 1 aliphatic heterocycles. The molecule has 0 aliphatic carbocycles. The first kappa shape index (κ1) is 18.5. The summed E-state index contributed by atoms with van der Waals surface area (Å²) in [5, 5.41) is 3.35. The number of methoxy groups -OCH3 is 1. The Bertz CT molecular complexity index is 713. The Hall–Kier alpha value is -1.34. The summed E-state index contributed by atoms with van der Waals surface area (Å²) < 4.78 is 3.46. The lowest BCUT2D eigenvalue weighted by atomic mass is 10.2. The second kappa shape index (κ2) is 7.91. The number of alkyl halides is 3. The lowest BCUT2D eigenvalue weighted by molar-refractivity contribution is 0.415. The first-order valence-electron chi connectivity index (χ1n) is 7.91. The monoisotopic (exact) mass is 401 g/mol. The van der Waals surface area contributed by atoms with Gasteiger partial charge in [-0.3, -0.25) is 0 Å². The quantitative estimate of drug-likeness (QED) is 0.796. The molecule has 6 nitrogen and oxygen atoms in total. The number of benzene rings is 1. The third-order valence-corrected chi connectivity index (χ3v) is 4.36. The van der Waals surface area contributed by atoms with Gasteiger partial charge in [-0.1, -0.05) is 34.8 Å². The Morgan fingerprint density at radius 3 is 2.48 bits per heavy atom. The second-order valence-corrected chi connectivity index (χ2v) is 7.88. The number of ether oxygens (including phenoxy) is 1. The van der Waals surface area contributed by atoms with E-state index in [1.165, 1.54) is 0 Å². The van der Waals surface area contributed by atoms with E-state index in [-0.39, 0.29) is 5.82 Å². The third kappa shape index (κ3) is 4.64. The molecule has 25 heavy (non-hydrogen) atoms. The fraction of sp³-hybridized carbons (Fsp3) is 0.438. The molecule has 0 spiro atoms. The van der Waals surface area contributed by atoms with Crippen LogP contribution in [0.4, 0.5) is 5.95 Å². The lowest BCUT2D eigenvalue weighted by Crippen LogP contribution is -2.30. The molecule has 2 heterocycles. The van der Waals surface area contributed by atoms with Gasteiger partial charge < -0.3 is 15.0 Å². The molecule has 3 rings (SSSR count). The molecule has 1 saturated heterocycles. The molecule has 0 atom stereocenters. The zero-order valence-electron chi connectivity index (χ0n) is 13.7. The van der Waals surface area contributed by atoms with Crippen molar-refractivity contribution in [3.05, 3.63) is 30.1 Å². The van der Waals surface area contributed by atoms with Gasteiger partial charge in [0.25, 0.3) is 0 Å². The van der Waals surface area contributed by atoms with Gasteiger partial charge in [-0.2, -0.15) is 9.97 Å². The highest BCUT2D eigenvalue weighted by atomic mass is 35.6. The van der Waals surface area contributed by atoms with Gasteiger partial charge in [0.15, 0.2) is 11.6 Å². The summed E-state index contributed by atoms with van der Waals surface area (Å²) in [5.41, 5.74) is 0.799. The van der Waals surface area contributed by atoms with E-state index >= 15 is 0 Å². The zero-order valence-corrected chi connectivity index (χ0v) is 15.9. The molecule has 2 aromatic rings. The predicted molar refractivity (Wildman–Crippen MR) is 101 cm³/mol. The smallest absolute Gasteiger partial charge is 0.250 e. The molecule has 9 heteroatoms. The highest BCUT2D eigenvalue weighted by Gasteiger charge is 2.29. The summed E-state index contributed by atoms with van der Waals surface area (Å²) in [7, 11) is 1.62. The average Bonchev–Trinajstić information content (AvgIpc) is 2.90. The SMILES string of the molecule is COc1ccc(-c2nc(N3CCCNCC3)nc(C(Cl)(Cl)Cl)n2)cc1. The van der Waals surface area contributed by atoms with Crippen LogP contribution >= 0.6 is 34.8 Å². The Morgan fingerprint density at radius 2 is 1.80 bits per heavy atom. The van der Waals surface area contributed by atoms with E-state index in [4.69, 9.17) is 39.5 Å². The van der Waals surface area contributed by atoms with Crippen LogP contribution in [0.2, 0.25) is 0 Å². The van der Waals surface area contributed by atoms with Crippen LogP contribution in [0.3, 0.4) is 0 Å². The van der Waals surface area contributed by atoms with Crippen LogP contribution < -0.4 is 15.0 Å². The zero-order chi connectivity index (χ0) is 17.9. The van der Waals surface area contributed by atoms with Crippen molar-refractivity contribution in [2.75, 3.05) is 38.2 Å². The number of nitrogens with zero attached hydrogens (tertiary/aromatic N) is 4. The van der Waals surface area contributed by atoms with Crippen molar-refractivity contribution in [3.63, 3.8) is 0 Å². The minimum atomic E-state index is -1.72. The summed E-state index contributed by atoms with van der Waals surface area (Å²) in [6.45, 7) is 3.43. The van der Waals surface area contributed by atoms with Gasteiger partial charge in [-0.15, -0.1) is 0 Å². The van der Waals surface area contributed by atoms with Gasteiger partial charge in [0.2, 0.25) is 9.74 Å². The maximum Gasteiger partial charge on any atom is 0.250 e. The maximum atomic E-state index is 6.04. The van der Waals surface area contributed by atoms with Crippen LogP contribution in [0.25, 0.3) is 11.4 Å². The van der Waals surface area contributed by atoms with Gasteiger partial charge in [0.05, 0.1) is 7.11 Å². The summed E-state index contributed by atoms with van der Waals surface area (Å²) in [6, 6.07) is 7.40. The molecule has 1 N–H and O–H groups in total. The normalized spacial score (nSPS) is 15.8. The highest BCUT2D eigenvalue weighted by Crippen LogP contribution is 2.37. The molecule has 0 radical (unpaired) electrons. The van der Waals surface area contributed by atoms with Crippen LogP contribution in [-0.4, -0.2) is 48.2 Å². The van der Waals surface area contributed by atoms with Crippen molar-refractivity contribution < 1.29 is 4.74 Å². The number of anilines is 1. The first-order chi connectivity index (χ1) is 12.0. The Morgan fingerprint density at radius 1 is 1.04 bits per heavy atom. The van der Waals surface area contributed by atoms with Crippen molar-refractivity contribution >= 4 is 40.8 Å². The van der Waals surface area contributed by atoms with Crippen LogP contribution in [0, 0.1) is 0 Å². The molecule has 1 fully saturated rings. The van der Waals surface area contributed by atoms with Gasteiger partial charge in [0.1, 0.15) is 5.75 Å². The number of hydrogen-bond donors (Lipinski definition) is 1. The molecular formula is C16H18Cl3N5O. The minimum absolute atomic E-state index is 0.116. The van der Waals surface area contributed by atoms with E-state index in [0.29, 0.717) is 11.8 Å². The van der Waals surface area contributed by atoms with Gasteiger partial charge in [0, 0.05) is 25.2 Å². The standard InChI is InChI=1S/C16H18Cl3N5O/c1-25-12-5-3-11(4-6-12)13-21-14(16(17,18)19)23-15(22-13)24-9-2-7-20-8-10-24/h3-6,20H,2,7-10H2,1H3. The summed E-state index contributed by atoms with van der Waals surface area (Å²) in [4.78, 5) is 15.4. The van der Waals surface area contributed by atoms with Crippen LogP contribution in [0.5, 0.6) is 5.75 Å². The molecule has 1 aromatic carbocycles. The van der Waals surface area contributed by atoms with E-state index in [1.54, 1.807) is 7.11 Å². The van der Waals surface area contributed by atoms with E-state index in [9.17, 15) is 0 Å². The number of nitrogens with one attached hydrogen (secondary N) is 1.